The van der Waals surface area contributed by atoms with Crippen LogP contribution in [0.3, 0.4) is 0 Å². The van der Waals surface area contributed by atoms with Crippen molar-refractivity contribution >= 4 is 22.7 Å². The highest BCUT2D eigenvalue weighted by Crippen LogP contribution is 2.32. The van der Waals surface area contributed by atoms with Crippen LogP contribution in [0, 0.1) is 5.82 Å². The van der Waals surface area contributed by atoms with Gasteiger partial charge in [-0.3, -0.25) is 4.98 Å². The van der Waals surface area contributed by atoms with Crippen molar-refractivity contribution in [3.05, 3.63) is 66.7 Å². The van der Waals surface area contributed by atoms with Crippen LogP contribution in [0.15, 0.2) is 66.1 Å². The maximum atomic E-state index is 14.0. The van der Waals surface area contributed by atoms with Gasteiger partial charge in [0.15, 0.2) is 5.16 Å². The number of nitrogens with zero attached hydrogens (tertiary/aromatic N) is 3. The van der Waals surface area contributed by atoms with Gasteiger partial charge >= 0.3 is 0 Å². The van der Waals surface area contributed by atoms with Crippen molar-refractivity contribution in [3.8, 4) is 22.4 Å². The van der Waals surface area contributed by atoms with E-state index in [0.29, 0.717) is 0 Å². The number of thioether (sulfide) groups is 1. The maximum Gasteiger partial charge on any atom is 0.168 e. The minimum absolute atomic E-state index is 0.248. The number of aromatic nitrogens is 3. The topological polar surface area (TPSA) is 30.7 Å². The highest BCUT2D eigenvalue weighted by atomic mass is 32.2. The molecule has 0 bridgehead atoms. The Labute approximate surface area is 148 Å². The van der Waals surface area contributed by atoms with Crippen LogP contribution in [0.25, 0.3) is 33.3 Å². The molecule has 0 aliphatic carbocycles. The zero-order valence-corrected chi connectivity index (χ0v) is 14.1. The predicted molar refractivity (Wildman–Crippen MR) is 99.1 cm³/mol. The summed E-state index contributed by atoms with van der Waals surface area (Å²) in [5.41, 5.74) is 4.63. The summed E-state index contributed by atoms with van der Waals surface area (Å²) in [6, 6.07) is 14.9. The molecule has 0 saturated heterocycles. The number of rotatable bonds is 2. The van der Waals surface area contributed by atoms with Crippen molar-refractivity contribution in [1.29, 1.82) is 0 Å². The highest BCUT2D eigenvalue weighted by molar-refractivity contribution is 7.99. The molecule has 1 aliphatic heterocycles. The van der Waals surface area contributed by atoms with Gasteiger partial charge < -0.3 is 4.57 Å². The Morgan fingerprint density at radius 3 is 2.72 bits per heavy atom. The Morgan fingerprint density at radius 2 is 1.88 bits per heavy atom. The van der Waals surface area contributed by atoms with Gasteiger partial charge in [0.2, 0.25) is 0 Å². The number of pyridine rings is 1. The van der Waals surface area contributed by atoms with Gasteiger partial charge in [0.05, 0.1) is 11.2 Å². The molecule has 0 saturated carbocycles. The average Bonchev–Trinajstić information content (AvgIpc) is 3.23. The van der Waals surface area contributed by atoms with Crippen molar-refractivity contribution in [2.75, 3.05) is 5.75 Å². The molecule has 25 heavy (non-hydrogen) atoms. The van der Waals surface area contributed by atoms with E-state index in [1.54, 1.807) is 24.0 Å². The fourth-order valence-corrected chi connectivity index (χ4v) is 4.19. The third kappa shape index (κ3) is 2.51. The summed E-state index contributed by atoms with van der Waals surface area (Å²) in [7, 11) is 0. The lowest BCUT2D eigenvalue weighted by Gasteiger charge is -2.07. The Morgan fingerprint density at radius 1 is 1.04 bits per heavy atom. The molecule has 3 nitrogen and oxygen atoms in total. The molecule has 122 valence electrons. The van der Waals surface area contributed by atoms with E-state index < -0.39 is 0 Å². The Hall–Kier alpha value is -2.66. The van der Waals surface area contributed by atoms with Crippen molar-refractivity contribution in [3.63, 3.8) is 0 Å². The van der Waals surface area contributed by atoms with E-state index in [9.17, 15) is 4.39 Å². The number of halogens is 1. The first-order valence-electron chi connectivity index (χ1n) is 8.13. The standard InChI is InChI=1S/C20H14FN3S/c21-16-10-15-2-1-7-22-19(15)17(11-16)13-3-5-14(6-4-13)18-12-24-8-9-25-20(24)23-18/h1-7,10-12H,8-9H2. The van der Waals surface area contributed by atoms with Gasteiger partial charge in [0.1, 0.15) is 5.82 Å². The van der Waals surface area contributed by atoms with Crippen LogP contribution in [0.2, 0.25) is 0 Å². The summed E-state index contributed by atoms with van der Waals surface area (Å²) in [6.07, 6.45) is 3.84. The van der Waals surface area contributed by atoms with E-state index in [2.05, 4.69) is 20.7 Å². The molecular formula is C20H14FN3S. The second-order valence-electron chi connectivity index (χ2n) is 6.06. The Bertz CT molecular complexity index is 1060. The molecule has 0 amide bonds. The number of hydrogen-bond donors (Lipinski definition) is 0. The smallest absolute Gasteiger partial charge is 0.168 e. The fourth-order valence-electron chi connectivity index (χ4n) is 3.25. The van der Waals surface area contributed by atoms with Crippen LogP contribution in [-0.2, 0) is 6.54 Å². The van der Waals surface area contributed by atoms with Gasteiger partial charge in [-0.25, -0.2) is 9.37 Å². The molecule has 2 aromatic heterocycles. The molecule has 0 N–H and O–H groups in total. The molecule has 3 heterocycles. The zero-order chi connectivity index (χ0) is 16.8. The van der Waals surface area contributed by atoms with Crippen LogP contribution in [0.1, 0.15) is 0 Å². The largest absolute Gasteiger partial charge is 0.325 e. The van der Waals surface area contributed by atoms with Gasteiger partial charge in [0.25, 0.3) is 0 Å². The third-order valence-electron chi connectivity index (χ3n) is 4.46. The van der Waals surface area contributed by atoms with Crippen LogP contribution in [-0.4, -0.2) is 20.3 Å². The average molecular weight is 347 g/mol. The Kier molecular flexibility index (Phi) is 3.35. The molecule has 0 unspecified atom stereocenters. The number of aryl methyl sites for hydroxylation is 1. The number of imidazole rings is 1. The van der Waals surface area contributed by atoms with Crippen LogP contribution < -0.4 is 0 Å². The summed E-state index contributed by atoms with van der Waals surface area (Å²) in [6.45, 7) is 1.02. The molecule has 4 aromatic rings. The number of hydrogen-bond acceptors (Lipinski definition) is 3. The monoisotopic (exact) mass is 347 g/mol. The molecule has 0 fully saturated rings. The first kappa shape index (κ1) is 14.7. The van der Waals surface area contributed by atoms with E-state index in [1.165, 1.54) is 6.07 Å². The van der Waals surface area contributed by atoms with Gasteiger partial charge in [-0.2, -0.15) is 0 Å². The van der Waals surface area contributed by atoms with E-state index in [1.807, 2.05) is 36.4 Å². The van der Waals surface area contributed by atoms with E-state index in [-0.39, 0.29) is 5.82 Å². The van der Waals surface area contributed by atoms with Crippen molar-refractivity contribution in [2.45, 2.75) is 11.7 Å². The van der Waals surface area contributed by atoms with Crippen molar-refractivity contribution in [1.82, 2.24) is 14.5 Å². The Balaban J connectivity index is 1.57. The first-order valence-corrected chi connectivity index (χ1v) is 9.11. The van der Waals surface area contributed by atoms with Gasteiger partial charge in [-0.05, 0) is 23.8 Å². The van der Waals surface area contributed by atoms with E-state index >= 15 is 0 Å². The second kappa shape index (κ2) is 5.70. The molecule has 0 radical (unpaired) electrons. The molecule has 5 heteroatoms. The summed E-state index contributed by atoms with van der Waals surface area (Å²) >= 11 is 1.79. The number of benzene rings is 2. The quantitative estimate of drug-likeness (QED) is 0.511. The normalized spacial score (nSPS) is 13.3. The van der Waals surface area contributed by atoms with Crippen LogP contribution in [0.5, 0.6) is 0 Å². The molecule has 5 rings (SSSR count). The maximum absolute atomic E-state index is 14.0. The third-order valence-corrected chi connectivity index (χ3v) is 5.44. The lowest BCUT2D eigenvalue weighted by atomic mass is 10.00. The van der Waals surface area contributed by atoms with Crippen molar-refractivity contribution < 1.29 is 4.39 Å². The lowest BCUT2D eigenvalue weighted by molar-refractivity contribution is 0.630. The summed E-state index contributed by atoms with van der Waals surface area (Å²) in [4.78, 5) is 9.11. The van der Waals surface area contributed by atoms with Crippen LogP contribution >= 0.6 is 11.8 Å². The SMILES string of the molecule is Fc1cc(-c2ccc(-c3cn4c(n3)SCC4)cc2)c2ncccc2c1. The molecule has 0 spiro atoms. The highest BCUT2D eigenvalue weighted by Gasteiger charge is 2.15. The molecule has 0 atom stereocenters. The van der Waals surface area contributed by atoms with E-state index in [4.69, 9.17) is 0 Å². The summed E-state index contributed by atoms with van der Waals surface area (Å²) in [5.74, 6) is 0.850. The summed E-state index contributed by atoms with van der Waals surface area (Å²) in [5, 5.41) is 1.89. The minimum Gasteiger partial charge on any atom is -0.325 e. The van der Waals surface area contributed by atoms with Gasteiger partial charge in [-0.15, -0.1) is 0 Å². The first-order chi connectivity index (χ1) is 12.3. The molecule has 1 aliphatic rings. The second-order valence-corrected chi connectivity index (χ2v) is 7.12. The molecular weight excluding hydrogens is 333 g/mol. The predicted octanol–water partition coefficient (Wildman–Crippen LogP) is 5.01. The van der Waals surface area contributed by atoms with Crippen molar-refractivity contribution in [2.24, 2.45) is 0 Å². The zero-order valence-electron chi connectivity index (χ0n) is 13.3. The van der Waals surface area contributed by atoms with Gasteiger partial charge in [0, 0.05) is 41.2 Å². The van der Waals surface area contributed by atoms with Crippen LogP contribution in [0.4, 0.5) is 4.39 Å². The molecule has 2 aromatic carbocycles. The van der Waals surface area contributed by atoms with E-state index in [0.717, 1.165) is 50.7 Å². The lowest BCUT2D eigenvalue weighted by Crippen LogP contribution is -1.89. The minimum atomic E-state index is -0.248. The summed E-state index contributed by atoms with van der Waals surface area (Å²) < 4.78 is 16.2. The van der Waals surface area contributed by atoms with Gasteiger partial charge in [-0.1, -0.05) is 42.1 Å². The number of fused-ring (bicyclic) bond motifs is 2. The fraction of sp³-hybridized carbons (Fsp3) is 0.100.